The van der Waals surface area contributed by atoms with Crippen LogP contribution in [0.2, 0.25) is 0 Å². The fourth-order valence-corrected chi connectivity index (χ4v) is 2.39. The summed E-state index contributed by atoms with van der Waals surface area (Å²) in [6, 6.07) is 0.479. The Morgan fingerprint density at radius 2 is 1.82 bits per heavy atom. The zero-order chi connectivity index (χ0) is 12.8. The van der Waals surface area contributed by atoms with Gasteiger partial charge in [0.25, 0.3) is 0 Å². The van der Waals surface area contributed by atoms with Crippen LogP contribution < -0.4 is 5.32 Å². The molecule has 1 atom stereocenters. The van der Waals surface area contributed by atoms with Gasteiger partial charge in [-0.3, -0.25) is 4.90 Å². The maximum atomic E-state index is 11.5. The zero-order valence-corrected chi connectivity index (χ0v) is 11.7. The second-order valence-electron chi connectivity index (χ2n) is 5.49. The molecule has 1 heterocycles. The van der Waals surface area contributed by atoms with E-state index in [1.807, 2.05) is 0 Å². The van der Waals surface area contributed by atoms with E-state index in [-0.39, 0.29) is 6.03 Å². The lowest BCUT2D eigenvalue weighted by Crippen LogP contribution is -2.50. The van der Waals surface area contributed by atoms with Crippen LogP contribution in [0.15, 0.2) is 0 Å². The molecule has 4 heteroatoms. The minimum atomic E-state index is 0.00709. The monoisotopic (exact) mass is 241 g/mol. The number of hydrogen-bond acceptors (Lipinski definition) is 2. The molecular weight excluding hydrogens is 214 g/mol. The SMILES string of the molecule is CC(C)C(CNC(=O)N(C)C)N1CCCCC1. The van der Waals surface area contributed by atoms with Crippen LogP contribution >= 0.6 is 0 Å². The van der Waals surface area contributed by atoms with Gasteiger partial charge in [0, 0.05) is 26.7 Å². The first-order chi connectivity index (χ1) is 8.02. The van der Waals surface area contributed by atoms with E-state index in [0.29, 0.717) is 12.0 Å². The number of carbonyl (C=O) groups excluding carboxylic acids is 1. The molecule has 1 unspecified atom stereocenters. The molecule has 100 valence electrons. The summed E-state index contributed by atoms with van der Waals surface area (Å²) in [6.45, 7) is 7.60. The van der Waals surface area contributed by atoms with Crippen LogP contribution in [0.3, 0.4) is 0 Å². The normalized spacial score (nSPS) is 19.1. The van der Waals surface area contributed by atoms with Crippen LogP contribution in [-0.2, 0) is 0 Å². The summed E-state index contributed by atoms with van der Waals surface area (Å²) in [5, 5.41) is 3.01. The maximum absolute atomic E-state index is 11.5. The van der Waals surface area contributed by atoms with E-state index >= 15 is 0 Å². The van der Waals surface area contributed by atoms with Crippen molar-refractivity contribution in [1.82, 2.24) is 15.1 Å². The van der Waals surface area contributed by atoms with E-state index in [1.165, 1.54) is 32.4 Å². The Hall–Kier alpha value is -0.770. The first-order valence-electron chi connectivity index (χ1n) is 6.71. The molecule has 0 aromatic heterocycles. The third-order valence-corrected chi connectivity index (χ3v) is 3.50. The van der Waals surface area contributed by atoms with Crippen molar-refractivity contribution in [1.29, 1.82) is 0 Å². The predicted molar refractivity (Wildman–Crippen MR) is 71.1 cm³/mol. The first-order valence-corrected chi connectivity index (χ1v) is 6.71. The van der Waals surface area contributed by atoms with Gasteiger partial charge in [-0.05, 0) is 31.8 Å². The molecule has 1 N–H and O–H groups in total. The Morgan fingerprint density at radius 1 is 1.24 bits per heavy atom. The number of amides is 2. The van der Waals surface area contributed by atoms with Crippen LogP contribution in [0.25, 0.3) is 0 Å². The molecule has 4 nitrogen and oxygen atoms in total. The average Bonchev–Trinajstić information content (AvgIpc) is 2.29. The molecule has 1 aliphatic rings. The van der Waals surface area contributed by atoms with Gasteiger partial charge in [-0.1, -0.05) is 20.3 Å². The number of nitrogens with one attached hydrogen (secondary N) is 1. The lowest BCUT2D eigenvalue weighted by atomic mass is 9.99. The summed E-state index contributed by atoms with van der Waals surface area (Å²) in [5.74, 6) is 0.579. The Bertz CT molecular complexity index is 235. The average molecular weight is 241 g/mol. The highest BCUT2D eigenvalue weighted by Crippen LogP contribution is 2.17. The van der Waals surface area contributed by atoms with Gasteiger partial charge in [-0.2, -0.15) is 0 Å². The highest BCUT2D eigenvalue weighted by Gasteiger charge is 2.23. The minimum absolute atomic E-state index is 0.00709. The maximum Gasteiger partial charge on any atom is 0.316 e. The number of carbonyl (C=O) groups is 1. The predicted octanol–water partition coefficient (Wildman–Crippen LogP) is 1.77. The number of rotatable bonds is 4. The quantitative estimate of drug-likeness (QED) is 0.814. The van der Waals surface area contributed by atoms with Gasteiger partial charge in [-0.15, -0.1) is 0 Å². The van der Waals surface area contributed by atoms with Crippen molar-refractivity contribution in [3.8, 4) is 0 Å². The van der Waals surface area contributed by atoms with Gasteiger partial charge in [0.05, 0.1) is 0 Å². The van der Waals surface area contributed by atoms with E-state index in [9.17, 15) is 4.79 Å². The van der Waals surface area contributed by atoms with Crippen molar-refractivity contribution < 1.29 is 4.79 Å². The summed E-state index contributed by atoms with van der Waals surface area (Å²) in [7, 11) is 3.56. The molecule has 0 spiro atoms. The molecule has 1 rings (SSSR count). The molecule has 1 saturated heterocycles. The second kappa shape index (κ2) is 6.84. The second-order valence-corrected chi connectivity index (χ2v) is 5.49. The van der Waals surface area contributed by atoms with Crippen molar-refractivity contribution in [3.63, 3.8) is 0 Å². The van der Waals surface area contributed by atoms with Gasteiger partial charge in [0.1, 0.15) is 0 Å². The van der Waals surface area contributed by atoms with Crippen molar-refractivity contribution >= 4 is 6.03 Å². The molecule has 17 heavy (non-hydrogen) atoms. The summed E-state index contributed by atoms with van der Waals surface area (Å²) in [6.07, 6.45) is 3.95. The summed E-state index contributed by atoms with van der Waals surface area (Å²) in [5.41, 5.74) is 0. The van der Waals surface area contributed by atoms with Crippen LogP contribution in [0.5, 0.6) is 0 Å². The molecule has 0 radical (unpaired) electrons. The van der Waals surface area contributed by atoms with Gasteiger partial charge in [0.2, 0.25) is 0 Å². The van der Waals surface area contributed by atoms with Crippen LogP contribution in [0.1, 0.15) is 33.1 Å². The largest absolute Gasteiger partial charge is 0.336 e. The topological polar surface area (TPSA) is 35.6 Å². The van der Waals surface area contributed by atoms with E-state index in [1.54, 1.807) is 19.0 Å². The van der Waals surface area contributed by atoms with Crippen LogP contribution in [0, 0.1) is 5.92 Å². The smallest absolute Gasteiger partial charge is 0.316 e. The molecule has 1 fully saturated rings. The Morgan fingerprint density at radius 3 is 2.29 bits per heavy atom. The van der Waals surface area contributed by atoms with Crippen LogP contribution in [-0.4, -0.2) is 55.6 Å². The van der Waals surface area contributed by atoms with Crippen LogP contribution in [0.4, 0.5) is 4.79 Å². The third kappa shape index (κ3) is 4.54. The molecule has 0 saturated carbocycles. The zero-order valence-electron chi connectivity index (χ0n) is 11.7. The highest BCUT2D eigenvalue weighted by atomic mass is 16.2. The molecule has 0 aromatic carbocycles. The van der Waals surface area contributed by atoms with Crippen molar-refractivity contribution in [2.24, 2.45) is 5.92 Å². The van der Waals surface area contributed by atoms with E-state index < -0.39 is 0 Å². The minimum Gasteiger partial charge on any atom is -0.336 e. The van der Waals surface area contributed by atoms with E-state index in [4.69, 9.17) is 0 Å². The number of urea groups is 1. The van der Waals surface area contributed by atoms with Gasteiger partial charge < -0.3 is 10.2 Å². The standard InChI is InChI=1S/C13H27N3O/c1-11(2)12(10-14-13(17)15(3)4)16-8-6-5-7-9-16/h11-12H,5-10H2,1-4H3,(H,14,17). The van der Waals surface area contributed by atoms with Crippen molar-refractivity contribution in [3.05, 3.63) is 0 Å². The summed E-state index contributed by atoms with van der Waals surface area (Å²) < 4.78 is 0. The lowest BCUT2D eigenvalue weighted by Gasteiger charge is -2.37. The Labute approximate surface area is 105 Å². The molecular formula is C13H27N3O. The fourth-order valence-electron chi connectivity index (χ4n) is 2.39. The first kappa shape index (κ1) is 14.3. The number of hydrogen-bond donors (Lipinski definition) is 1. The summed E-state index contributed by atoms with van der Waals surface area (Å²) >= 11 is 0. The van der Waals surface area contributed by atoms with Gasteiger partial charge >= 0.3 is 6.03 Å². The Balaban J connectivity index is 2.45. The van der Waals surface area contributed by atoms with Crippen molar-refractivity contribution in [2.75, 3.05) is 33.7 Å². The Kier molecular flexibility index (Phi) is 5.75. The van der Waals surface area contributed by atoms with E-state index in [0.717, 1.165) is 6.54 Å². The third-order valence-electron chi connectivity index (χ3n) is 3.50. The summed E-state index contributed by atoms with van der Waals surface area (Å²) in [4.78, 5) is 15.7. The number of piperidine rings is 1. The van der Waals surface area contributed by atoms with Crippen molar-refractivity contribution in [2.45, 2.75) is 39.2 Å². The number of nitrogens with zero attached hydrogens (tertiary/aromatic N) is 2. The molecule has 1 aliphatic heterocycles. The number of likely N-dealkylation sites (tertiary alicyclic amines) is 1. The van der Waals surface area contributed by atoms with Gasteiger partial charge in [-0.25, -0.2) is 4.79 Å². The molecule has 2 amide bonds. The fraction of sp³-hybridized carbons (Fsp3) is 0.923. The van der Waals surface area contributed by atoms with Gasteiger partial charge in [0.15, 0.2) is 0 Å². The highest BCUT2D eigenvalue weighted by molar-refractivity contribution is 5.73. The van der Waals surface area contributed by atoms with E-state index in [2.05, 4.69) is 24.1 Å². The molecule has 0 aromatic rings. The lowest BCUT2D eigenvalue weighted by molar-refractivity contribution is 0.125. The molecule has 0 aliphatic carbocycles. The molecule has 0 bridgehead atoms.